The van der Waals surface area contributed by atoms with Gasteiger partial charge in [0, 0.05) is 23.2 Å². The summed E-state index contributed by atoms with van der Waals surface area (Å²) in [4.78, 5) is 12.7. The molecule has 134 valence electrons. The normalized spacial score (nSPS) is 19.9. The van der Waals surface area contributed by atoms with Crippen LogP contribution in [0.25, 0.3) is 22.3 Å². The van der Waals surface area contributed by atoms with Gasteiger partial charge in [-0.15, -0.1) is 12.4 Å². The highest BCUT2D eigenvalue weighted by atomic mass is 35.5. The van der Waals surface area contributed by atoms with Gasteiger partial charge in [-0.25, -0.2) is 9.97 Å². The molecule has 25 heavy (non-hydrogen) atoms. The van der Waals surface area contributed by atoms with Crippen LogP contribution in [0, 0.1) is 0 Å². The molecule has 2 atom stereocenters. The van der Waals surface area contributed by atoms with Crippen LogP contribution in [0.3, 0.4) is 0 Å². The molecule has 0 amide bonds. The van der Waals surface area contributed by atoms with Gasteiger partial charge in [0.1, 0.15) is 11.6 Å². The average Bonchev–Trinajstić information content (AvgIpc) is 2.98. The Labute approximate surface area is 152 Å². The van der Waals surface area contributed by atoms with E-state index in [9.17, 15) is 5.11 Å². The first-order chi connectivity index (χ1) is 11.2. The Kier molecular flexibility index (Phi) is 6.00. The van der Waals surface area contributed by atoms with Crippen LogP contribution in [0.15, 0.2) is 36.5 Å². The molecule has 7 heteroatoms. The van der Waals surface area contributed by atoms with Crippen LogP contribution < -0.4 is 5.32 Å². The lowest BCUT2D eigenvalue weighted by Gasteiger charge is -2.26. The lowest BCUT2D eigenvalue weighted by atomic mass is 9.92. The summed E-state index contributed by atoms with van der Waals surface area (Å²) in [5.74, 6) is 1.62. The second-order valence-electron chi connectivity index (χ2n) is 6.34. The number of aromatic hydroxyl groups is 1. The molecule has 3 heterocycles. The molecule has 3 aromatic rings. The molecule has 1 aliphatic rings. The molecule has 0 radical (unpaired) electrons. The van der Waals surface area contributed by atoms with Crippen LogP contribution in [0.4, 0.5) is 0 Å². The zero-order valence-electron chi connectivity index (χ0n) is 14.0. The number of nitrogens with one attached hydrogen (secondary N) is 2. The molecule has 1 fully saturated rings. The summed E-state index contributed by atoms with van der Waals surface area (Å²) in [6.45, 7) is 3.23. The van der Waals surface area contributed by atoms with Gasteiger partial charge in [0.05, 0.1) is 17.2 Å². The van der Waals surface area contributed by atoms with E-state index in [2.05, 4.69) is 22.2 Å². The van der Waals surface area contributed by atoms with Gasteiger partial charge in [-0.05, 0) is 44.5 Å². The van der Waals surface area contributed by atoms with E-state index in [1.165, 1.54) is 0 Å². The summed E-state index contributed by atoms with van der Waals surface area (Å²) in [6, 6.07) is 9.76. The van der Waals surface area contributed by atoms with Crippen molar-refractivity contribution in [3.63, 3.8) is 0 Å². The number of aromatic nitrogens is 3. The molecule has 0 bridgehead atoms. The lowest BCUT2D eigenvalue weighted by molar-refractivity contribution is 0.371. The smallest absolute Gasteiger partial charge is 0.132 e. The number of piperidine rings is 1. The Hall–Kier alpha value is -2.15. The van der Waals surface area contributed by atoms with Gasteiger partial charge in [0.2, 0.25) is 0 Å². The maximum Gasteiger partial charge on any atom is 0.132 e. The van der Waals surface area contributed by atoms with Crippen LogP contribution in [0.5, 0.6) is 5.75 Å². The predicted octanol–water partition coefficient (Wildman–Crippen LogP) is 2.78. The maximum absolute atomic E-state index is 9.64. The summed E-state index contributed by atoms with van der Waals surface area (Å²) in [6.07, 6.45) is 4.03. The van der Waals surface area contributed by atoms with Crippen LogP contribution in [0.2, 0.25) is 0 Å². The second kappa shape index (κ2) is 7.82. The molecule has 1 aliphatic heterocycles. The molecular weight excluding hydrogens is 340 g/mol. The van der Waals surface area contributed by atoms with Gasteiger partial charge in [-0.2, -0.15) is 0 Å². The van der Waals surface area contributed by atoms with E-state index < -0.39 is 0 Å². The summed E-state index contributed by atoms with van der Waals surface area (Å²) in [5, 5.41) is 13.1. The summed E-state index contributed by atoms with van der Waals surface area (Å²) in [5.41, 5.74) is 3.75. The summed E-state index contributed by atoms with van der Waals surface area (Å²) < 4.78 is 0. The molecule has 4 rings (SSSR count). The van der Waals surface area contributed by atoms with E-state index in [1.54, 1.807) is 12.1 Å². The largest absolute Gasteiger partial charge is 0.508 e. The number of aromatic amines is 1. The molecule has 0 spiro atoms. The van der Waals surface area contributed by atoms with Crippen LogP contribution in [-0.2, 0) is 0 Å². The zero-order valence-corrected chi connectivity index (χ0v) is 14.8. The molecule has 5 N–H and O–H groups in total. The Morgan fingerprint density at radius 1 is 1.24 bits per heavy atom. The van der Waals surface area contributed by atoms with Crippen LogP contribution >= 0.6 is 12.4 Å². The Morgan fingerprint density at radius 3 is 2.84 bits per heavy atom. The first kappa shape index (κ1) is 19.2. The van der Waals surface area contributed by atoms with E-state index in [4.69, 9.17) is 4.98 Å². The average molecular weight is 363 g/mol. The maximum atomic E-state index is 9.64. The third kappa shape index (κ3) is 3.92. The SMILES string of the molecule is CC1CC(c2ncc3[nH]c(-c4cccc(O)c4)cc3n2)CCN1.Cl.O. The van der Waals surface area contributed by atoms with E-state index in [0.717, 1.165) is 47.5 Å². The molecule has 0 aliphatic carbocycles. The Morgan fingerprint density at radius 2 is 2.08 bits per heavy atom. The third-order valence-electron chi connectivity index (χ3n) is 4.53. The minimum atomic E-state index is 0. The molecule has 1 aromatic carbocycles. The quantitative estimate of drug-likeness (QED) is 0.651. The van der Waals surface area contributed by atoms with Crippen molar-refractivity contribution in [2.75, 3.05) is 6.54 Å². The minimum absolute atomic E-state index is 0. The number of nitrogens with zero attached hydrogens (tertiary/aromatic N) is 2. The van der Waals surface area contributed by atoms with Crippen molar-refractivity contribution >= 4 is 23.4 Å². The Balaban J connectivity index is 0.00000113. The first-order valence-electron chi connectivity index (χ1n) is 8.07. The van der Waals surface area contributed by atoms with Crippen molar-refractivity contribution in [2.24, 2.45) is 0 Å². The van der Waals surface area contributed by atoms with Gasteiger partial charge in [0.15, 0.2) is 0 Å². The number of fused-ring (bicyclic) bond motifs is 1. The first-order valence-corrected chi connectivity index (χ1v) is 8.07. The summed E-state index contributed by atoms with van der Waals surface area (Å²) in [7, 11) is 0. The Bertz CT molecular complexity index is 852. The molecule has 2 aromatic heterocycles. The predicted molar refractivity (Wildman–Crippen MR) is 101 cm³/mol. The molecule has 0 saturated carbocycles. The number of phenolic OH excluding ortho intramolecular Hbond substituents is 1. The topological polar surface area (TPSA) is 105 Å². The third-order valence-corrected chi connectivity index (χ3v) is 4.53. The number of benzene rings is 1. The van der Waals surface area contributed by atoms with Gasteiger partial charge < -0.3 is 20.9 Å². The van der Waals surface area contributed by atoms with Gasteiger partial charge >= 0.3 is 0 Å². The highest BCUT2D eigenvalue weighted by molar-refractivity contribution is 5.85. The van der Waals surface area contributed by atoms with Crippen molar-refractivity contribution in [1.29, 1.82) is 0 Å². The van der Waals surface area contributed by atoms with E-state index in [1.807, 2.05) is 24.4 Å². The van der Waals surface area contributed by atoms with Crippen molar-refractivity contribution in [3.8, 4) is 17.0 Å². The van der Waals surface area contributed by atoms with Crippen molar-refractivity contribution in [1.82, 2.24) is 20.3 Å². The van der Waals surface area contributed by atoms with E-state index >= 15 is 0 Å². The molecule has 2 unspecified atom stereocenters. The van der Waals surface area contributed by atoms with Gasteiger partial charge in [-0.3, -0.25) is 0 Å². The van der Waals surface area contributed by atoms with Crippen molar-refractivity contribution in [2.45, 2.75) is 31.7 Å². The van der Waals surface area contributed by atoms with Crippen molar-refractivity contribution < 1.29 is 10.6 Å². The second-order valence-corrected chi connectivity index (χ2v) is 6.34. The number of halogens is 1. The highest BCUT2D eigenvalue weighted by Crippen LogP contribution is 2.28. The van der Waals surface area contributed by atoms with Crippen LogP contribution in [-0.4, -0.2) is 38.1 Å². The van der Waals surface area contributed by atoms with E-state index in [0.29, 0.717) is 12.0 Å². The number of H-pyrrole nitrogens is 1. The van der Waals surface area contributed by atoms with Gasteiger partial charge in [0.25, 0.3) is 0 Å². The fourth-order valence-corrected chi connectivity index (χ4v) is 3.33. The van der Waals surface area contributed by atoms with Crippen molar-refractivity contribution in [3.05, 3.63) is 42.4 Å². The standard InChI is InChI=1S/C18H20N4O.ClH.H2O/c1-11-7-13(5-6-19-11)18-20-10-17-16(22-18)9-15(21-17)12-3-2-4-14(23)8-12;;/h2-4,8-11,13,19,21,23H,5-7H2,1H3;1H;1H2. The number of hydrogen-bond donors (Lipinski definition) is 3. The fourth-order valence-electron chi connectivity index (χ4n) is 3.33. The highest BCUT2D eigenvalue weighted by Gasteiger charge is 2.22. The molecular formula is C18H23ClN4O2. The number of rotatable bonds is 2. The molecule has 1 saturated heterocycles. The number of phenols is 1. The lowest BCUT2D eigenvalue weighted by Crippen LogP contribution is -2.35. The summed E-state index contributed by atoms with van der Waals surface area (Å²) >= 11 is 0. The van der Waals surface area contributed by atoms with Crippen LogP contribution in [0.1, 0.15) is 31.5 Å². The monoisotopic (exact) mass is 362 g/mol. The van der Waals surface area contributed by atoms with E-state index in [-0.39, 0.29) is 23.6 Å². The van der Waals surface area contributed by atoms with Gasteiger partial charge in [-0.1, -0.05) is 12.1 Å². The fraction of sp³-hybridized carbons (Fsp3) is 0.333. The number of hydrogen-bond acceptors (Lipinski definition) is 4. The zero-order chi connectivity index (χ0) is 15.8. The molecule has 6 nitrogen and oxygen atoms in total. The minimum Gasteiger partial charge on any atom is -0.508 e.